The Labute approximate surface area is 119 Å². The summed E-state index contributed by atoms with van der Waals surface area (Å²) in [4.78, 5) is 17.5. The maximum Gasteiger partial charge on any atom is 0.303 e. The van der Waals surface area contributed by atoms with Gasteiger partial charge in [-0.1, -0.05) is 6.92 Å². The van der Waals surface area contributed by atoms with Gasteiger partial charge in [-0.05, 0) is 39.7 Å². The van der Waals surface area contributed by atoms with E-state index in [1.54, 1.807) is 11.3 Å². The van der Waals surface area contributed by atoms with Crippen molar-refractivity contribution in [3.8, 4) is 0 Å². The van der Waals surface area contributed by atoms with Crippen LogP contribution in [0.25, 0.3) is 0 Å². The van der Waals surface area contributed by atoms with E-state index >= 15 is 0 Å². The highest BCUT2D eigenvalue weighted by Crippen LogP contribution is 2.15. The molecule has 0 spiro atoms. The molecule has 0 aliphatic carbocycles. The quantitative estimate of drug-likeness (QED) is 0.756. The van der Waals surface area contributed by atoms with Gasteiger partial charge in [0.1, 0.15) is 0 Å². The number of aromatic nitrogens is 1. The predicted molar refractivity (Wildman–Crippen MR) is 78.5 cm³/mol. The number of carbonyl (C=O) groups is 1. The van der Waals surface area contributed by atoms with Crippen LogP contribution in [-0.4, -0.2) is 33.5 Å². The Morgan fingerprint density at radius 3 is 2.84 bits per heavy atom. The van der Waals surface area contributed by atoms with E-state index in [4.69, 9.17) is 5.11 Å². The molecule has 0 saturated heterocycles. The third kappa shape index (κ3) is 6.16. The first-order valence-corrected chi connectivity index (χ1v) is 7.80. The lowest BCUT2D eigenvalue weighted by molar-refractivity contribution is -0.137. The zero-order chi connectivity index (χ0) is 14.3. The van der Waals surface area contributed by atoms with Crippen molar-refractivity contribution in [2.45, 2.75) is 59.0 Å². The summed E-state index contributed by atoms with van der Waals surface area (Å²) >= 11 is 1.72. The van der Waals surface area contributed by atoms with Crippen LogP contribution in [0.3, 0.4) is 0 Å². The van der Waals surface area contributed by atoms with Crippen molar-refractivity contribution in [2.75, 3.05) is 6.54 Å². The molecule has 0 aliphatic rings. The molecule has 0 unspecified atom stereocenters. The maximum absolute atomic E-state index is 10.6. The van der Waals surface area contributed by atoms with Gasteiger partial charge in [-0.3, -0.25) is 9.69 Å². The molecule has 1 rings (SSSR count). The Hall–Kier alpha value is -0.940. The third-order valence-corrected chi connectivity index (χ3v) is 3.95. The van der Waals surface area contributed by atoms with Gasteiger partial charge in [0.2, 0.25) is 0 Å². The largest absolute Gasteiger partial charge is 0.481 e. The van der Waals surface area contributed by atoms with Crippen molar-refractivity contribution in [2.24, 2.45) is 0 Å². The van der Waals surface area contributed by atoms with Crippen LogP contribution in [-0.2, 0) is 17.8 Å². The molecule has 0 radical (unpaired) electrons. The SMILES string of the molecule is CCCc1nc(CN(CCCC(=O)O)C(C)C)cs1. The Bertz CT molecular complexity index is 391. The van der Waals surface area contributed by atoms with Crippen molar-refractivity contribution < 1.29 is 9.90 Å². The normalized spacial score (nSPS) is 11.4. The van der Waals surface area contributed by atoms with E-state index in [1.165, 1.54) is 5.01 Å². The highest BCUT2D eigenvalue weighted by Gasteiger charge is 2.12. The van der Waals surface area contributed by atoms with Crippen LogP contribution in [0.2, 0.25) is 0 Å². The van der Waals surface area contributed by atoms with Gasteiger partial charge in [-0.25, -0.2) is 4.98 Å². The molecule has 1 aromatic heterocycles. The fraction of sp³-hybridized carbons (Fsp3) is 0.714. The number of aryl methyl sites for hydroxylation is 1. The van der Waals surface area contributed by atoms with Gasteiger partial charge >= 0.3 is 5.97 Å². The van der Waals surface area contributed by atoms with E-state index < -0.39 is 5.97 Å². The number of carboxylic acid groups (broad SMARTS) is 1. The van der Waals surface area contributed by atoms with Crippen LogP contribution >= 0.6 is 11.3 Å². The van der Waals surface area contributed by atoms with Crippen LogP contribution in [0.4, 0.5) is 0 Å². The minimum atomic E-state index is -0.720. The first kappa shape index (κ1) is 16.1. The summed E-state index contributed by atoms with van der Waals surface area (Å²) in [6.07, 6.45) is 3.10. The fourth-order valence-corrected chi connectivity index (χ4v) is 2.80. The van der Waals surface area contributed by atoms with Crippen LogP contribution in [0.1, 0.15) is 50.7 Å². The predicted octanol–water partition coefficient (Wildman–Crippen LogP) is 3.17. The molecular formula is C14H24N2O2S. The number of hydrogen-bond donors (Lipinski definition) is 1. The Morgan fingerprint density at radius 1 is 1.53 bits per heavy atom. The summed E-state index contributed by atoms with van der Waals surface area (Å²) in [6, 6.07) is 0.408. The summed E-state index contributed by atoms with van der Waals surface area (Å²) < 4.78 is 0. The van der Waals surface area contributed by atoms with E-state index in [1.807, 2.05) is 0 Å². The van der Waals surface area contributed by atoms with Gasteiger partial charge in [-0.2, -0.15) is 0 Å². The summed E-state index contributed by atoms with van der Waals surface area (Å²) in [7, 11) is 0. The topological polar surface area (TPSA) is 53.4 Å². The van der Waals surface area contributed by atoms with Crippen LogP contribution < -0.4 is 0 Å². The Kier molecular flexibility index (Phi) is 7.02. The minimum Gasteiger partial charge on any atom is -0.481 e. The molecule has 0 saturated carbocycles. The molecule has 1 N–H and O–H groups in total. The number of hydrogen-bond acceptors (Lipinski definition) is 4. The van der Waals surface area contributed by atoms with Gasteiger partial charge in [0.15, 0.2) is 0 Å². The first-order chi connectivity index (χ1) is 9.02. The second kappa shape index (κ2) is 8.27. The summed E-state index contributed by atoms with van der Waals surface area (Å²) in [5.74, 6) is -0.720. The molecule has 5 heteroatoms. The lowest BCUT2D eigenvalue weighted by Crippen LogP contribution is -2.31. The molecule has 1 aromatic rings. The fourth-order valence-electron chi connectivity index (χ4n) is 1.91. The van der Waals surface area contributed by atoms with Crippen molar-refractivity contribution in [1.82, 2.24) is 9.88 Å². The van der Waals surface area contributed by atoms with Gasteiger partial charge < -0.3 is 5.11 Å². The van der Waals surface area contributed by atoms with E-state index in [2.05, 4.69) is 36.0 Å². The molecule has 4 nitrogen and oxygen atoms in total. The number of nitrogens with zero attached hydrogens (tertiary/aromatic N) is 2. The highest BCUT2D eigenvalue weighted by atomic mass is 32.1. The second-order valence-electron chi connectivity index (χ2n) is 5.04. The van der Waals surface area contributed by atoms with Gasteiger partial charge in [-0.15, -0.1) is 11.3 Å². The molecule has 19 heavy (non-hydrogen) atoms. The van der Waals surface area contributed by atoms with E-state index in [-0.39, 0.29) is 6.42 Å². The summed E-state index contributed by atoms with van der Waals surface area (Å²) in [6.45, 7) is 8.07. The van der Waals surface area contributed by atoms with Crippen LogP contribution in [0.15, 0.2) is 5.38 Å². The molecule has 108 valence electrons. The van der Waals surface area contributed by atoms with Gasteiger partial charge in [0, 0.05) is 24.4 Å². The zero-order valence-electron chi connectivity index (χ0n) is 12.1. The van der Waals surface area contributed by atoms with Gasteiger partial charge in [0.05, 0.1) is 10.7 Å². The average molecular weight is 284 g/mol. The molecule has 0 fully saturated rings. The van der Waals surface area contributed by atoms with Crippen molar-refractivity contribution in [3.05, 3.63) is 16.1 Å². The van der Waals surface area contributed by atoms with Crippen LogP contribution in [0, 0.1) is 0 Å². The first-order valence-electron chi connectivity index (χ1n) is 6.92. The molecular weight excluding hydrogens is 260 g/mol. The van der Waals surface area contributed by atoms with Crippen LogP contribution in [0.5, 0.6) is 0 Å². The average Bonchev–Trinajstić information content (AvgIpc) is 2.75. The highest BCUT2D eigenvalue weighted by molar-refractivity contribution is 7.09. The molecule has 1 heterocycles. The molecule has 0 amide bonds. The second-order valence-corrected chi connectivity index (χ2v) is 5.99. The Morgan fingerprint density at radius 2 is 2.26 bits per heavy atom. The number of rotatable bonds is 9. The van der Waals surface area contributed by atoms with Crippen molar-refractivity contribution in [1.29, 1.82) is 0 Å². The molecule has 0 atom stereocenters. The van der Waals surface area contributed by atoms with Crippen molar-refractivity contribution in [3.63, 3.8) is 0 Å². The van der Waals surface area contributed by atoms with Gasteiger partial charge in [0.25, 0.3) is 0 Å². The number of thiazole rings is 1. The van der Waals surface area contributed by atoms with E-state index in [9.17, 15) is 4.79 Å². The monoisotopic (exact) mass is 284 g/mol. The minimum absolute atomic E-state index is 0.237. The maximum atomic E-state index is 10.6. The lowest BCUT2D eigenvalue weighted by Gasteiger charge is -2.25. The smallest absolute Gasteiger partial charge is 0.303 e. The van der Waals surface area contributed by atoms with E-state index in [0.29, 0.717) is 12.5 Å². The summed E-state index contributed by atoms with van der Waals surface area (Å²) in [5, 5.41) is 12.0. The Balaban J connectivity index is 2.49. The third-order valence-electron chi connectivity index (χ3n) is 2.99. The molecule has 0 aliphatic heterocycles. The number of carboxylic acids is 1. The van der Waals surface area contributed by atoms with Crippen molar-refractivity contribution >= 4 is 17.3 Å². The lowest BCUT2D eigenvalue weighted by atomic mass is 10.2. The molecule has 0 aromatic carbocycles. The van der Waals surface area contributed by atoms with E-state index in [0.717, 1.165) is 31.6 Å². The molecule has 0 bridgehead atoms. The summed E-state index contributed by atoms with van der Waals surface area (Å²) in [5.41, 5.74) is 1.11. The number of aliphatic carboxylic acids is 1. The zero-order valence-corrected chi connectivity index (χ0v) is 12.9. The standard InChI is InChI=1S/C14H24N2O2S/c1-4-6-13-15-12(10-19-13)9-16(11(2)3)8-5-7-14(17)18/h10-11H,4-9H2,1-3H3,(H,17,18).